The van der Waals surface area contributed by atoms with Gasteiger partial charge in [0.1, 0.15) is 0 Å². The first kappa shape index (κ1) is 20.1. The van der Waals surface area contributed by atoms with Crippen molar-refractivity contribution in [2.75, 3.05) is 6.61 Å². The Bertz CT molecular complexity index is 937. The molecule has 0 saturated carbocycles. The fraction of sp³-hybridized carbons (Fsp3) is 0.222. The highest BCUT2D eigenvalue weighted by Crippen LogP contribution is 2.21. The van der Waals surface area contributed by atoms with E-state index < -0.39 is 22.6 Å². The van der Waals surface area contributed by atoms with Gasteiger partial charge >= 0.3 is 5.97 Å². The number of nitrogens with two attached hydrogens (primary N) is 1. The van der Waals surface area contributed by atoms with E-state index in [9.17, 15) is 18.0 Å². The Hall–Kier alpha value is -2.22. The lowest BCUT2D eigenvalue weighted by Gasteiger charge is -2.08. The standard InChI is InChI=1S/C18H18ClNO5S/c1-11(2)12-3-5-13(6-4-12)17(21)10-25-18(22)15-9-14(26(20,23)24)7-8-16(15)19/h3-9,11H,10H2,1-2H3,(H2,20,23,24). The number of sulfonamides is 1. The van der Waals surface area contributed by atoms with E-state index in [1.807, 2.05) is 26.0 Å². The monoisotopic (exact) mass is 395 g/mol. The Morgan fingerprint density at radius 2 is 1.73 bits per heavy atom. The molecule has 0 saturated heterocycles. The lowest BCUT2D eigenvalue weighted by atomic mass is 10.0. The van der Waals surface area contributed by atoms with Crippen LogP contribution in [0.1, 0.15) is 46.0 Å². The van der Waals surface area contributed by atoms with Crippen LogP contribution in [-0.2, 0) is 14.8 Å². The molecule has 0 heterocycles. The summed E-state index contributed by atoms with van der Waals surface area (Å²) in [5, 5.41) is 5.03. The summed E-state index contributed by atoms with van der Waals surface area (Å²) in [5.74, 6) is -0.953. The fourth-order valence-corrected chi connectivity index (χ4v) is 2.92. The van der Waals surface area contributed by atoms with E-state index in [1.165, 1.54) is 12.1 Å². The summed E-state index contributed by atoms with van der Waals surface area (Å²) in [6.45, 7) is 3.59. The highest BCUT2D eigenvalue weighted by atomic mass is 35.5. The molecule has 6 nitrogen and oxygen atoms in total. The van der Waals surface area contributed by atoms with Crippen molar-refractivity contribution < 1.29 is 22.7 Å². The van der Waals surface area contributed by atoms with Gasteiger partial charge in [-0.2, -0.15) is 0 Å². The molecule has 0 bridgehead atoms. The second-order valence-corrected chi connectivity index (χ2v) is 7.93. The fourth-order valence-electron chi connectivity index (χ4n) is 2.18. The molecule has 138 valence electrons. The van der Waals surface area contributed by atoms with Crippen LogP contribution in [0, 0.1) is 0 Å². The summed E-state index contributed by atoms with van der Waals surface area (Å²) in [6.07, 6.45) is 0. The summed E-state index contributed by atoms with van der Waals surface area (Å²) in [7, 11) is -3.99. The SMILES string of the molecule is CC(C)c1ccc(C(=O)COC(=O)c2cc(S(N)(=O)=O)ccc2Cl)cc1. The van der Waals surface area contributed by atoms with Crippen molar-refractivity contribution >= 4 is 33.4 Å². The lowest BCUT2D eigenvalue weighted by molar-refractivity contribution is 0.0474. The van der Waals surface area contributed by atoms with Crippen LogP contribution in [0.3, 0.4) is 0 Å². The van der Waals surface area contributed by atoms with Crippen molar-refractivity contribution in [1.82, 2.24) is 0 Å². The minimum atomic E-state index is -3.99. The quantitative estimate of drug-likeness (QED) is 0.597. The average Bonchev–Trinajstić information content (AvgIpc) is 2.58. The normalized spacial score (nSPS) is 11.4. The molecule has 0 atom stereocenters. The number of hydrogen-bond acceptors (Lipinski definition) is 5. The summed E-state index contributed by atoms with van der Waals surface area (Å²) in [4.78, 5) is 24.0. The van der Waals surface area contributed by atoms with Crippen molar-refractivity contribution in [2.24, 2.45) is 5.14 Å². The molecule has 2 aromatic carbocycles. The van der Waals surface area contributed by atoms with Crippen LogP contribution < -0.4 is 5.14 Å². The van der Waals surface area contributed by atoms with E-state index in [0.717, 1.165) is 11.6 Å². The number of ketones is 1. The number of halogens is 1. The summed E-state index contributed by atoms with van der Waals surface area (Å²) in [5.41, 5.74) is 1.32. The summed E-state index contributed by atoms with van der Waals surface area (Å²) >= 11 is 5.90. The van der Waals surface area contributed by atoms with Gasteiger partial charge in [0, 0.05) is 5.56 Å². The number of Topliss-reactive ketones (excluding diaryl/α,β-unsaturated/α-hetero) is 1. The van der Waals surface area contributed by atoms with Gasteiger partial charge in [-0.3, -0.25) is 4.79 Å². The number of esters is 1. The molecule has 0 aliphatic carbocycles. The molecule has 0 aliphatic heterocycles. The zero-order chi connectivity index (χ0) is 19.5. The maximum absolute atomic E-state index is 12.1. The maximum Gasteiger partial charge on any atom is 0.340 e. The first-order chi connectivity index (χ1) is 12.1. The third-order valence-corrected chi connectivity index (χ3v) is 4.96. The molecule has 26 heavy (non-hydrogen) atoms. The molecule has 2 N–H and O–H groups in total. The van der Waals surface area contributed by atoms with Gasteiger partial charge in [-0.15, -0.1) is 0 Å². The van der Waals surface area contributed by atoms with Crippen molar-refractivity contribution in [2.45, 2.75) is 24.7 Å². The average molecular weight is 396 g/mol. The van der Waals surface area contributed by atoms with Gasteiger partial charge in [-0.1, -0.05) is 49.7 Å². The van der Waals surface area contributed by atoms with Crippen LogP contribution >= 0.6 is 11.6 Å². The first-order valence-electron chi connectivity index (χ1n) is 7.72. The predicted octanol–water partition coefficient (Wildman–Crippen LogP) is 3.15. The van der Waals surface area contributed by atoms with Crippen LogP contribution in [0.15, 0.2) is 47.4 Å². The minimum Gasteiger partial charge on any atom is -0.454 e. The van der Waals surface area contributed by atoms with Gasteiger partial charge in [0.05, 0.1) is 15.5 Å². The molecular weight excluding hydrogens is 378 g/mol. The molecule has 0 unspecified atom stereocenters. The van der Waals surface area contributed by atoms with Gasteiger partial charge in [0.2, 0.25) is 10.0 Å². The topological polar surface area (TPSA) is 104 Å². The number of ether oxygens (including phenoxy) is 1. The molecule has 0 aromatic heterocycles. The number of benzene rings is 2. The Kier molecular flexibility index (Phi) is 6.17. The first-order valence-corrected chi connectivity index (χ1v) is 9.64. The van der Waals surface area contributed by atoms with E-state index in [4.69, 9.17) is 21.5 Å². The van der Waals surface area contributed by atoms with Crippen LogP contribution in [0.4, 0.5) is 0 Å². The third kappa shape index (κ3) is 4.91. The maximum atomic E-state index is 12.1. The highest BCUT2D eigenvalue weighted by molar-refractivity contribution is 7.89. The molecule has 0 spiro atoms. The zero-order valence-electron chi connectivity index (χ0n) is 14.2. The van der Waals surface area contributed by atoms with Gasteiger partial charge < -0.3 is 4.74 Å². The molecule has 0 aliphatic rings. The number of hydrogen-bond donors (Lipinski definition) is 1. The number of carbonyl (C=O) groups is 2. The van der Waals surface area contributed by atoms with Crippen molar-refractivity contribution in [3.8, 4) is 0 Å². The smallest absolute Gasteiger partial charge is 0.340 e. The van der Waals surface area contributed by atoms with Gasteiger partial charge in [-0.05, 0) is 29.7 Å². The lowest BCUT2D eigenvalue weighted by Crippen LogP contribution is -2.16. The van der Waals surface area contributed by atoms with Crippen molar-refractivity contribution in [3.63, 3.8) is 0 Å². The van der Waals surface area contributed by atoms with Gasteiger partial charge in [-0.25, -0.2) is 18.4 Å². The van der Waals surface area contributed by atoms with Gasteiger partial charge in [0.15, 0.2) is 12.4 Å². The van der Waals surface area contributed by atoms with E-state index in [1.54, 1.807) is 12.1 Å². The van der Waals surface area contributed by atoms with E-state index in [-0.39, 0.29) is 21.3 Å². The zero-order valence-corrected chi connectivity index (χ0v) is 15.8. The van der Waals surface area contributed by atoms with Crippen LogP contribution in [0.25, 0.3) is 0 Å². The third-order valence-electron chi connectivity index (χ3n) is 3.72. The van der Waals surface area contributed by atoms with Crippen molar-refractivity contribution in [1.29, 1.82) is 0 Å². The van der Waals surface area contributed by atoms with Crippen LogP contribution in [-0.4, -0.2) is 26.8 Å². The van der Waals surface area contributed by atoms with Crippen LogP contribution in [0.5, 0.6) is 0 Å². The second kappa shape index (κ2) is 7.99. The molecule has 0 amide bonds. The molecule has 2 aromatic rings. The molecule has 2 rings (SSSR count). The molecule has 0 fully saturated rings. The number of rotatable bonds is 6. The highest BCUT2D eigenvalue weighted by Gasteiger charge is 2.18. The van der Waals surface area contributed by atoms with Gasteiger partial charge in [0.25, 0.3) is 0 Å². The number of carbonyl (C=O) groups excluding carboxylic acids is 2. The minimum absolute atomic E-state index is 0.00358. The van der Waals surface area contributed by atoms with E-state index >= 15 is 0 Å². The Labute approximate surface area is 157 Å². The Balaban J connectivity index is 2.10. The summed E-state index contributed by atoms with van der Waals surface area (Å²) < 4.78 is 27.7. The predicted molar refractivity (Wildman–Crippen MR) is 98.0 cm³/mol. The Morgan fingerprint density at radius 1 is 1.12 bits per heavy atom. The summed E-state index contributed by atoms with van der Waals surface area (Å²) in [6, 6.07) is 10.4. The molecular formula is C18H18ClNO5S. The van der Waals surface area contributed by atoms with Crippen LogP contribution in [0.2, 0.25) is 5.02 Å². The molecule has 8 heteroatoms. The number of primary sulfonamides is 1. The van der Waals surface area contributed by atoms with Crippen molar-refractivity contribution in [3.05, 3.63) is 64.2 Å². The Morgan fingerprint density at radius 3 is 2.27 bits per heavy atom. The largest absolute Gasteiger partial charge is 0.454 e. The molecule has 0 radical (unpaired) electrons. The van der Waals surface area contributed by atoms with E-state index in [2.05, 4.69) is 0 Å². The second-order valence-electron chi connectivity index (χ2n) is 5.96. The van der Waals surface area contributed by atoms with E-state index in [0.29, 0.717) is 11.5 Å².